The van der Waals surface area contributed by atoms with Crippen LogP contribution in [0.1, 0.15) is 0 Å². The summed E-state index contributed by atoms with van der Waals surface area (Å²) in [7, 11) is -1.76. The molecule has 0 fully saturated rings. The SMILES string of the molecule is CN(CCOc1ccc([N+](=O)[O-])cc1)S(C)(=O)=O. The molecule has 7 nitrogen and oxygen atoms in total. The maximum atomic E-state index is 11.1. The molecule has 100 valence electrons. The van der Waals surface area contributed by atoms with Crippen LogP contribution in [0, 0.1) is 10.1 Å². The maximum absolute atomic E-state index is 11.1. The number of rotatable bonds is 6. The third-order valence-corrected chi connectivity index (χ3v) is 3.60. The first kappa shape index (κ1) is 14.4. The second-order valence-electron chi connectivity index (χ2n) is 3.68. The van der Waals surface area contributed by atoms with Gasteiger partial charge >= 0.3 is 0 Å². The summed E-state index contributed by atoms with van der Waals surface area (Å²) in [6.45, 7) is 0.400. The fourth-order valence-electron chi connectivity index (χ4n) is 1.12. The van der Waals surface area contributed by atoms with E-state index in [0.717, 1.165) is 6.26 Å². The van der Waals surface area contributed by atoms with E-state index in [1.165, 1.54) is 35.6 Å². The van der Waals surface area contributed by atoms with Crippen molar-refractivity contribution in [2.24, 2.45) is 0 Å². The molecule has 1 aromatic carbocycles. The summed E-state index contributed by atoms with van der Waals surface area (Å²) < 4.78 is 28.6. The molecule has 18 heavy (non-hydrogen) atoms. The quantitative estimate of drug-likeness (QED) is 0.567. The lowest BCUT2D eigenvalue weighted by Crippen LogP contribution is -2.29. The minimum atomic E-state index is -3.21. The largest absolute Gasteiger partial charge is 0.492 e. The van der Waals surface area contributed by atoms with Crippen LogP contribution >= 0.6 is 0 Å². The molecular formula is C10H14N2O5S. The highest BCUT2D eigenvalue weighted by atomic mass is 32.2. The number of nitro groups is 1. The third kappa shape index (κ3) is 4.30. The summed E-state index contributed by atoms with van der Waals surface area (Å²) in [6.07, 6.45) is 1.11. The van der Waals surface area contributed by atoms with Gasteiger partial charge in [-0.05, 0) is 12.1 Å². The van der Waals surface area contributed by atoms with Crippen molar-refractivity contribution in [3.05, 3.63) is 34.4 Å². The molecule has 0 aromatic heterocycles. The van der Waals surface area contributed by atoms with Crippen LogP contribution in [0.25, 0.3) is 0 Å². The van der Waals surface area contributed by atoms with Gasteiger partial charge in [0.05, 0.1) is 11.2 Å². The van der Waals surface area contributed by atoms with Crippen molar-refractivity contribution in [3.8, 4) is 5.75 Å². The van der Waals surface area contributed by atoms with Crippen molar-refractivity contribution in [1.29, 1.82) is 0 Å². The Balaban J connectivity index is 2.47. The standard InChI is InChI=1S/C10H14N2O5S/c1-11(18(2,15)16)7-8-17-10-5-3-9(4-6-10)12(13)14/h3-6H,7-8H2,1-2H3. The first-order valence-electron chi connectivity index (χ1n) is 5.09. The van der Waals surface area contributed by atoms with Crippen molar-refractivity contribution in [2.75, 3.05) is 26.5 Å². The van der Waals surface area contributed by atoms with Crippen LogP contribution in [0.3, 0.4) is 0 Å². The molecule has 0 saturated heterocycles. The Labute approximate surface area is 105 Å². The zero-order valence-electron chi connectivity index (χ0n) is 10.1. The third-order valence-electron chi connectivity index (χ3n) is 2.29. The van der Waals surface area contributed by atoms with Gasteiger partial charge in [-0.2, -0.15) is 0 Å². The first-order valence-corrected chi connectivity index (χ1v) is 6.94. The second-order valence-corrected chi connectivity index (χ2v) is 5.77. The van der Waals surface area contributed by atoms with Crippen LogP contribution in [0.2, 0.25) is 0 Å². The van der Waals surface area contributed by atoms with Gasteiger partial charge in [0.1, 0.15) is 12.4 Å². The molecule has 0 radical (unpaired) electrons. The predicted octanol–water partition coefficient (Wildman–Crippen LogP) is 0.865. The lowest BCUT2D eigenvalue weighted by molar-refractivity contribution is -0.384. The van der Waals surface area contributed by atoms with E-state index in [9.17, 15) is 18.5 Å². The van der Waals surface area contributed by atoms with E-state index in [0.29, 0.717) is 5.75 Å². The van der Waals surface area contributed by atoms with Crippen molar-refractivity contribution in [2.45, 2.75) is 0 Å². The average Bonchev–Trinajstić information content (AvgIpc) is 2.28. The van der Waals surface area contributed by atoms with E-state index in [-0.39, 0.29) is 18.8 Å². The molecule has 0 N–H and O–H groups in total. The van der Waals surface area contributed by atoms with Crippen LogP contribution in [-0.4, -0.2) is 44.1 Å². The maximum Gasteiger partial charge on any atom is 0.269 e. The number of likely N-dealkylation sites (N-methyl/N-ethyl adjacent to an activating group) is 1. The normalized spacial score (nSPS) is 11.5. The second kappa shape index (κ2) is 5.78. The number of hydrogen-bond donors (Lipinski definition) is 0. The number of hydrogen-bond acceptors (Lipinski definition) is 5. The summed E-state index contributed by atoms with van der Waals surface area (Å²) in [5.74, 6) is 0.461. The zero-order chi connectivity index (χ0) is 13.8. The fraction of sp³-hybridized carbons (Fsp3) is 0.400. The molecule has 0 amide bonds. The van der Waals surface area contributed by atoms with Crippen LogP contribution < -0.4 is 4.74 Å². The number of sulfonamides is 1. The zero-order valence-corrected chi connectivity index (χ0v) is 10.9. The Morgan fingerprint density at radius 3 is 2.33 bits per heavy atom. The fourth-order valence-corrected chi connectivity index (χ4v) is 1.53. The molecule has 0 aliphatic heterocycles. The molecule has 0 spiro atoms. The summed E-state index contributed by atoms with van der Waals surface area (Å²) in [5, 5.41) is 10.4. The molecule has 0 unspecified atom stereocenters. The molecule has 0 aliphatic rings. The number of ether oxygens (including phenoxy) is 1. The van der Waals surface area contributed by atoms with E-state index in [2.05, 4.69) is 0 Å². The highest BCUT2D eigenvalue weighted by Gasteiger charge is 2.10. The van der Waals surface area contributed by atoms with Crippen LogP contribution in [0.15, 0.2) is 24.3 Å². The first-order chi connectivity index (χ1) is 8.30. The van der Waals surface area contributed by atoms with Crippen molar-refractivity contribution in [1.82, 2.24) is 4.31 Å². The minimum Gasteiger partial charge on any atom is -0.492 e. The number of benzene rings is 1. The van der Waals surface area contributed by atoms with E-state index in [1.54, 1.807) is 0 Å². The predicted molar refractivity (Wildman–Crippen MR) is 66.1 cm³/mol. The Morgan fingerprint density at radius 1 is 1.33 bits per heavy atom. The van der Waals surface area contributed by atoms with Crippen molar-refractivity contribution < 1.29 is 18.1 Å². The Hall–Kier alpha value is -1.67. The Bertz CT molecular complexity index is 512. The number of nitrogens with zero attached hydrogens (tertiary/aromatic N) is 2. The molecular weight excluding hydrogens is 260 g/mol. The van der Waals surface area contributed by atoms with E-state index >= 15 is 0 Å². The van der Waals surface area contributed by atoms with Gasteiger partial charge in [0.15, 0.2) is 0 Å². The lowest BCUT2D eigenvalue weighted by atomic mass is 10.3. The van der Waals surface area contributed by atoms with E-state index in [1.807, 2.05) is 0 Å². The highest BCUT2D eigenvalue weighted by Crippen LogP contribution is 2.17. The van der Waals surface area contributed by atoms with E-state index in [4.69, 9.17) is 4.74 Å². The molecule has 0 atom stereocenters. The molecule has 0 heterocycles. The van der Waals surface area contributed by atoms with Gasteiger partial charge in [-0.1, -0.05) is 0 Å². The Morgan fingerprint density at radius 2 is 1.89 bits per heavy atom. The van der Waals surface area contributed by atoms with Gasteiger partial charge in [-0.25, -0.2) is 12.7 Å². The monoisotopic (exact) mass is 274 g/mol. The number of nitro benzene ring substituents is 1. The van der Waals surface area contributed by atoms with E-state index < -0.39 is 14.9 Å². The highest BCUT2D eigenvalue weighted by molar-refractivity contribution is 7.88. The van der Waals surface area contributed by atoms with Crippen LogP contribution in [0.4, 0.5) is 5.69 Å². The Kier molecular flexibility index (Phi) is 4.62. The van der Waals surface area contributed by atoms with Crippen LogP contribution in [0.5, 0.6) is 5.75 Å². The minimum absolute atomic E-state index is 0.0180. The van der Waals surface area contributed by atoms with Crippen molar-refractivity contribution in [3.63, 3.8) is 0 Å². The summed E-state index contributed by atoms with van der Waals surface area (Å²) in [5.41, 5.74) is -0.0180. The summed E-state index contributed by atoms with van der Waals surface area (Å²) in [6, 6.07) is 5.60. The van der Waals surface area contributed by atoms with Gasteiger partial charge in [-0.3, -0.25) is 10.1 Å². The lowest BCUT2D eigenvalue weighted by Gasteiger charge is -2.14. The molecule has 8 heteroatoms. The van der Waals surface area contributed by atoms with Gasteiger partial charge in [0, 0.05) is 25.7 Å². The number of non-ortho nitro benzene ring substituents is 1. The summed E-state index contributed by atoms with van der Waals surface area (Å²) in [4.78, 5) is 9.92. The molecule has 0 saturated carbocycles. The molecule has 1 aromatic rings. The topological polar surface area (TPSA) is 89.8 Å². The molecule has 1 rings (SSSR count). The van der Waals surface area contributed by atoms with Gasteiger partial charge in [0.2, 0.25) is 10.0 Å². The van der Waals surface area contributed by atoms with Gasteiger partial charge < -0.3 is 4.74 Å². The molecule has 0 bridgehead atoms. The van der Waals surface area contributed by atoms with Gasteiger partial charge in [0.25, 0.3) is 5.69 Å². The van der Waals surface area contributed by atoms with Gasteiger partial charge in [-0.15, -0.1) is 0 Å². The van der Waals surface area contributed by atoms with Crippen LogP contribution in [-0.2, 0) is 10.0 Å². The van der Waals surface area contributed by atoms with Crippen molar-refractivity contribution >= 4 is 15.7 Å². The smallest absolute Gasteiger partial charge is 0.269 e. The molecule has 0 aliphatic carbocycles. The average molecular weight is 274 g/mol. The summed E-state index contributed by atoms with van der Waals surface area (Å²) >= 11 is 0.